The number of nitrogens with one attached hydrogen (secondary N) is 1. The molecular weight excluding hydrogens is 374 g/mol. The molecular formula is C21H31N3O5. The molecule has 0 spiro atoms. The first-order chi connectivity index (χ1) is 13.8. The lowest BCUT2D eigenvalue weighted by Crippen LogP contribution is -2.51. The Morgan fingerprint density at radius 3 is 2.59 bits per heavy atom. The normalized spacial score (nSPS) is 19.7. The molecule has 2 amide bonds. The Morgan fingerprint density at radius 1 is 1.31 bits per heavy atom. The molecule has 0 saturated carbocycles. The predicted molar refractivity (Wildman–Crippen MR) is 109 cm³/mol. The lowest BCUT2D eigenvalue weighted by Gasteiger charge is -2.34. The second kappa shape index (κ2) is 10.8. The van der Waals surface area contributed by atoms with Gasteiger partial charge < -0.3 is 25.4 Å². The van der Waals surface area contributed by atoms with Crippen molar-refractivity contribution < 1.29 is 23.9 Å². The van der Waals surface area contributed by atoms with Gasteiger partial charge in [0.25, 0.3) is 0 Å². The number of rotatable bonds is 11. The zero-order valence-electron chi connectivity index (χ0n) is 17.3. The fourth-order valence-electron chi connectivity index (χ4n) is 3.44. The first-order valence-corrected chi connectivity index (χ1v) is 10.0. The van der Waals surface area contributed by atoms with Gasteiger partial charge in [0.15, 0.2) is 0 Å². The lowest BCUT2D eigenvalue weighted by molar-refractivity contribution is -0.172. The SMILES string of the molecule is CCOC1OC(=O)CC1N(CCNc1ccccc1)C(=O)C(CC(N)=O)C(C)C. The van der Waals surface area contributed by atoms with Gasteiger partial charge in [-0.25, -0.2) is 0 Å². The minimum absolute atomic E-state index is 0.0417. The molecule has 1 aromatic rings. The fraction of sp³-hybridized carbons (Fsp3) is 0.571. The summed E-state index contributed by atoms with van der Waals surface area (Å²) in [6, 6.07) is 9.08. The molecule has 8 nitrogen and oxygen atoms in total. The van der Waals surface area contributed by atoms with Crippen molar-refractivity contribution in [1.29, 1.82) is 0 Å². The molecule has 0 aliphatic carbocycles. The minimum atomic E-state index is -0.811. The quantitative estimate of drug-likeness (QED) is 0.543. The van der Waals surface area contributed by atoms with Gasteiger partial charge in [-0.15, -0.1) is 0 Å². The first kappa shape index (κ1) is 22.7. The third kappa shape index (κ3) is 6.45. The zero-order valence-corrected chi connectivity index (χ0v) is 17.3. The van der Waals surface area contributed by atoms with Gasteiger partial charge in [-0.1, -0.05) is 32.0 Å². The van der Waals surface area contributed by atoms with E-state index in [2.05, 4.69) is 5.32 Å². The summed E-state index contributed by atoms with van der Waals surface area (Å²) in [7, 11) is 0. The number of hydrogen-bond acceptors (Lipinski definition) is 6. The third-order valence-corrected chi connectivity index (χ3v) is 4.95. The van der Waals surface area contributed by atoms with Crippen LogP contribution in [0.15, 0.2) is 30.3 Å². The van der Waals surface area contributed by atoms with Crippen molar-refractivity contribution in [3.05, 3.63) is 30.3 Å². The molecule has 3 atom stereocenters. The average Bonchev–Trinajstić information content (AvgIpc) is 3.03. The van der Waals surface area contributed by atoms with Gasteiger partial charge in [0.1, 0.15) is 6.04 Å². The van der Waals surface area contributed by atoms with Crippen molar-refractivity contribution in [2.75, 3.05) is 25.0 Å². The maximum atomic E-state index is 13.4. The highest BCUT2D eigenvalue weighted by atomic mass is 16.7. The Kier molecular flexibility index (Phi) is 8.45. The van der Waals surface area contributed by atoms with Crippen molar-refractivity contribution in [3.8, 4) is 0 Å². The van der Waals surface area contributed by atoms with E-state index in [0.29, 0.717) is 19.7 Å². The minimum Gasteiger partial charge on any atom is -0.433 e. The van der Waals surface area contributed by atoms with Crippen LogP contribution in [0.2, 0.25) is 0 Å². The van der Waals surface area contributed by atoms with Gasteiger partial charge in [-0.05, 0) is 25.0 Å². The fourth-order valence-corrected chi connectivity index (χ4v) is 3.44. The highest BCUT2D eigenvalue weighted by Crippen LogP contribution is 2.27. The number of cyclic esters (lactones) is 1. The number of ether oxygens (including phenoxy) is 2. The van der Waals surface area contributed by atoms with Crippen molar-refractivity contribution in [1.82, 2.24) is 4.90 Å². The molecule has 29 heavy (non-hydrogen) atoms. The summed E-state index contributed by atoms with van der Waals surface area (Å²) in [6.07, 6.45) is -0.794. The van der Waals surface area contributed by atoms with Gasteiger partial charge in [0.2, 0.25) is 18.1 Å². The predicted octanol–water partition coefficient (Wildman–Crippen LogP) is 1.75. The molecule has 8 heteroatoms. The van der Waals surface area contributed by atoms with Gasteiger partial charge in [-0.3, -0.25) is 14.4 Å². The highest BCUT2D eigenvalue weighted by molar-refractivity contribution is 5.86. The number of hydrogen-bond donors (Lipinski definition) is 2. The number of primary amides is 1. The highest BCUT2D eigenvalue weighted by Gasteiger charge is 2.43. The number of carbonyl (C=O) groups excluding carboxylic acids is 3. The summed E-state index contributed by atoms with van der Waals surface area (Å²) in [6.45, 7) is 6.72. The Labute approximate surface area is 171 Å². The number of nitrogens with two attached hydrogens (primary N) is 1. The van der Waals surface area contributed by atoms with E-state index in [1.807, 2.05) is 44.2 Å². The van der Waals surface area contributed by atoms with E-state index in [9.17, 15) is 14.4 Å². The largest absolute Gasteiger partial charge is 0.433 e. The van der Waals surface area contributed by atoms with Gasteiger partial charge in [0, 0.05) is 37.7 Å². The molecule has 1 aromatic carbocycles. The van der Waals surface area contributed by atoms with Crippen LogP contribution in [0.5, 0.6) is 0 Å². The van der Waals surface area contributed by atoms with E-state index >= 15 is 0 Å². The smallest absolute Gasteiger partial charge is 0.310 e. The number of esters is 1. The van der Waals surface area contributed by atoms with Crippen LogP contribution in [0.3, 0.4) is 0 Å². The number of benzene rings is 1. The standard InChI is InChI=1S/C21H31N3O5/c1-4-28-21-17(13-19(26)29-21)24(11-10-23-15-8-6-5-7-9-15)20(27)16(14(2)3)12-18(22)25/h5-9,14,16-17,21,23H,4,10-13H2,1-3H3,(H2,22,25). The molecule has 2 rings (SSSR count). The van der Waals surface area contributed by atoms with Crippen LogP contribution in [-0.4, -0.2) is 54.7 Å². The third-order valence-electron chi connectivity index (χ3n) is 4.95. The Balaban J connectivity index is 2.19. The van der Waals surface area contributed by atoms with E-state index in [-0.39, 0.29) is 24.7 Å². The van der Waals surface area contributed by atoms with Crippen LogP contribution in [0.25, 0.3) is 0 Å². The van der Waals surface area contributed by atoms with Crippen molar-refractivity contribution in [3.63, 3.8) is 0 Å². The number of carbonyl (C=O) groups is 3. The number of para-hydroxylation sites is 1. The molecule has 3 N–H and O–H groups in total. The maximum absolute atomic E-state index is 13.4. The zero-order chi connectivity index (χ0) is 21.4. The summed E-state index contributed by atoms with van der Waals surface area (Å²) in [4.78, 5) is 38.4. The second-order valence-electron chi connectivity index (χ2n) is 7.43. The van der Waals surface area contributed by atoms with E-state index < -0.39 is 30.1 Å². The van der Waals surface area contributed by atoms with E-state index in [1.54, 1.807) is 11.8 Å². The molecule has 1 fully saturated rings. The van der Waals surface area contributed by atoms with Gasteiger partial charge in [0.05, 0.1) is 6.42 Å². The number of anilines is 1. The van der Waals surface area contributed by atoms with Crippen LogP contribution in [0.1, 0.15) is 33.6 Å². The Bertz CT molecular complexity index is 695. The first-order valence-electron chi connectivity index (χ1n) is 10.0. The van der Waals surface area contributed by atoms with Crippen LogP contribution in [0.4, 0.5) is 5.69 Å². The van der Waals surface area contributed by atoms with E-state index in [0.717, 1.165) is 5.69 Å². The second-order valence-corrected chi connectivity index (χ2v) is 7.43. The molecule has 1 saturated heterocycles. The van der Waals surface area contributed by atoms with E-state index in [1.165, 1.54) is 0 Å². The average molecular weight is 405 g/mol. The molecule has 0 aromatic heterocycles. The van der Waals surface area contributed by atoms with Gasteiger partial charge >= 0.3 is 5.97 Å². The summed E-state index contributed by atoms with van der Waals surface area (Å²) >= 11 is 0. The Morgan fingerprint density at radius 2 is 2.00 bits per heavy atom. The summed E-state index contributed by atoms with van der Waals surface area (Å²) in [5.41, 5.74) is 6.30. The van der Waals surface area contributed by atoms with E-state index in [4.69, 9.17) is 15.2 Å². The number of nitrogens with zero attached hydrogens (tertiary/aromatic N) is 1. The summed E-state index contributed by atoms with van der Waals surface area (Å²) < 4.78 is 10.8. The molecule has 1 aliphatic heterocycles. The monoisotopic (exact) mass is 405 g/mol. The molecule has 3 unspecified atom stereocenters. The van der Waals surface area contributed by atoms with Crippen molar-refractivity contribution in [2.45, 2.75) is 45.9 Å². The van der Waals surface area contributed by atoms with Crippen molar-refractivity contribution in [2.24, 2.45) is 17.6 Å². The van der Waals surface area contributed by atoms with Crippen molar-refractivity contribution >= 4 is 23.5 Å². The topological polar surface area (TPSA) is 111 Å². The van der Waals surface area contributed by atoms with Crippen LogP contribution >= 0.6 is 0 Å². The van der Waals surface area contributed by atoms with Gasteiger partial charge in [-0.2, -0.15) is 0 Å². The molecule has 0 bridgehead atoms. The van der Waals surface area contributed by atoms with Crippen LogP contribution < -0.4 is 11.1 Å². The van der Waals surface area contributed by atoms with Crippen LogP contribution in [0, 0.1) is 11.8 Å². The molecule has 160 valence electrons. The summed E-state index contributed by atoms with van der Waals surface area (Å²) in [5, 5.41) is 3.27. The molecule has 0 radical (unpaired) electrons. The summed E-state index contributed by atoms with van der Waals surface area (Å²) in [5.74, 6) is -1.80. The molecule has 1 aliphatic rings. The number of amides is 2. The Hall–Kier alpha value is -2.61. The maximum Gasteiger partial charge on any atom is 0.310 e. The lowest BCUT2D eigenvalue weighted by atomic mass is 9.90. The van der Waals surface area contributed by atoms with Crippen LogP contribution in [-0.2, 0) is 23.9 Å². The molecule has 1 heterocycles.